The van der Waals surface area contributed by atoms with Gasteiger partial charge in [0, 0.05) is 55.9 Å². The average Bonchev–Trinajstić information content (AvgIpc) is 3.08. The van der Waals surface area contributed by atoms with Gasteiger partial charge in [0.25, 0.3) is 11.8 Å². The monoisotopic (exact) mass is 419 g/mol. The summed E-state index contributed by atoms with van der Waals surface area (Å²) in [6.07, 6.45) is 2.77. The molecule has 0 N–H and O–H groups in total. The Balaban J connectivity index is 1.64. The lowest BCUT2D eigenvalue weighted by molar-refractivity contribution is -0.00156. The minimum absolute atomic E-state index is 0.0196. The molecule has 162 valence electrons. The first-order chi connectivity index (χ1) is 14.8. The van der Waals surface area contributed by atoms with Crippen molar-refractivity contribution in [3.63, 3.8) is 0 Å². The fourth-order valence-corrected chi connectivity index (χ4v) is 4.23. The second kappa shape index (κ2) is 8.55. The average molecular weight is 420 g/mol. The Kier molecular flexibility index (Phi) is 5.83. The van der Waals surface area contributed by atoms with Gasteiger partial charge in [0.2, 0.25) is 0 Å². The van der Waals surface area contributed by atoms with Crippen molar-refractivity contribution in [2.24, 2.45) is 7.05 Å². The van der Waals surface area contributed by atoms with E-state index in [0.717, 1.165) is 22.0 Å². The molecule has 6 nitrogen and oxygen atoms in total. The van der Waals surface area contributed by atoms with Crippen molar-refractivity contribution in [1.82, 2.24) is 14.4 Å². The molecule has 31 heavy (non-hydrogen) atoms. The number of aryl methyl sites for hydroxylation is 2. The molecular weight excluding hydrogens is 390 g/mol. The van der Waals surface area contributed by atoms with Crippen LogP contribution < -0.4 is 0 Å². The molecular formula is C25H29N3O3. The standard InChI is InChI=1S/C25H29N3O3/c1-17-5-7-18(8-6-17)25(30)28-11-12-31-16-21(28)13-20-15-27(4)23-10-9-19(14-22(20)23)24(29)26(2)3/h5-10,14-15,21H,11-13,16H2,1-4H3/t21-/m0/s1. The number of morpholine rings is 1. The van der Waals surface area contributed by atoms with Gasteiger partial charge < -0.3 is 19.1 Å². The molecule has 1 aromatic heterocycles. The predicted octanol–water partition coefficient (Wildman–Crippen LogP) is 3.27. The molecule has 4 rings (SSSR count). The van der Waals surface area contributed by atoms with E-state index in [9.17, 15) is 9.59 Å². The van der Waals surface area contributed by atoms with Gasteiger partial charge in [-0.1, -0.05) is 17.7 Å². The second-order valence-electron chi connectivity index (χ2n) is 8.49. The van der Waals surface area contributed by atoms with Crippen LogP contribution in [0.1, 0.15) is 31.8 Å². The Labute approximate surface area is 183 Å². The minimum Gasteiger partial charge on any atom is -0.377 e. The number of aromatic nitrogens is 1. The van der Waals surface area contributed by atoms with Crippen molar-refractivity contribution in [3.8, 4) is 0 Å². The van der Waals surface area contributed by atoms with Crippen LogP contribution in [0.4, 0.5) is 0 Å². The minimum atomic E-state index is -0.0543. The number of amides is 2. The molecule has 6 heteroatoms. The van der Waals surface area contributed by atoms with E-state index in [2.05, 4.69) is 10.8 Å². The molecule has 0 bridgehead atoms. The van der Waals surface area contributed by atoms with Crippen LogP contribution in [0.15, 0.2) is 48.7 Å². The molecule has 0 unspecified atom stereocenters. The summed E-state index contributed by atoms with van der Waals surface area (Å²) in [5, 5.41) is 1.04. The van der Waals surface area contributed by atoms with E-state index < -0.39 is 0 Å². The van der Waals surface area contributed by atoms with Gasteiger partial charge in [0.1, 0.15) is 0 Å². The van der Waals surface area contributed by atoms with Crippen LogP contribution in [0.2, 0.25) is 0 Å². The van der Waals surface area contributed by atoms with E-state index in [4.69, 9.17) is 4.74 Å². The molecule has 2 amide bonds. The van der Waals surface area contributed by atoms with Crippen molar-refractivity contribution in [2.45, 2.75) is 19.4 Å². The van der Waals surface area contributed by atoms with E-state index in [1.54, 1.807) is 19.0 Å². The van der Waals surface area contributed by atoms with Crippen molar-refractivity contribution in [1.29, 1.82) is 0 Å². The fourth-order valence-electron chi connectivity index (χ4n) is 4.23. The van der Waals surface area contributed by atoms with Gasteiger partial charge in [-0.05, 0) is 49.2 Å². The number of carbonyl (C=O) groups is 2. The maximum Gasteiger partial charge on any atom is 0.254 e. The zero-order valence-corrected chi connectivity index (χ0v) is 18.6. The van der Waals surface area contributed by atoms with E-state index in [1.165, 1.54) is 0 Å². The molecule has 1 aliphatic heterocycles. The number of fused-ring (bicyclic) bond motifs is 1. The van der Waals surface area contributed by atoms with E-state index >= 15 is 0 Å². The normalized spacial score (nSPS) is 16.5. The Morgan fingerprint density at radius 3 is 2.52 bits per heavy atom. The van der Waals surface area contributed by atoms with Crippen LogP contribution in [0, 0.1) is 6.92 Å². The third kappa shape index (κ3) is 4.21. The summed E-state index contributed by atoms with van der Waals surface area (Å²) in [7, 11) is 5.52. The number of nitrogens with zero attached hydrogens (tertiary/aromatic N) is 3. The van der Waals surface area contributed by atoms with Gasteiger partial charge in [-0.3, -0.25) is 9.59 Å². The predicted molar refractivity (Wildman–Crippen MR) is 121 cm³/mol. The first-order valence-electron chi connectivity index (χ1n) is 10.6. The van der Waals surface area contributed by atoms with E-state index in [-0.39, 0.29) is 17.9 Å². The van der Waals surface area contributed by atoms with Gasteiger partial charge >= 0.3 is 0 Å². The van der Waals surface area contributed by atoms with Gasteiger partial charge in [0.05, 0.1) is 19.3 Å². The lowest BCUT2D eigenvalue weighted by Gasteiger charge is -2.35. The third-order valence-corrected chi connectivity index (χ3v) is 5.97. The summed E-state index contributed by atoms with van der Waals surface area (Å²) >= 11 is 0. The van der Waals surface area contributed by atoms with Gasteiger partial charge in [-0.2, -0.15) is 0 Å². The number of carbonyl (C=O) groups excluding carboxylic acids is 2. The third-order valence-electron chi connectivity index (χ3n) is 5.97. The quantitative estimate of drug-likeness (QED) is 0.652. The molecule has 1 aliphatic rings. The summed E-state index contributed by atoms with van der Waals surface area (Å²) < 4.78 is 7.81. The zero-order chi connectivity index (χ0) is 22.1. The molecule has 3 aromatic rings. The SMILES string of the molecule is Cc1ccc(C(=O)N2CCOC[C@@H]2Cc2cn(C)c3ccc(C(=O)N(C)C)cc23)cc1. The molecule has 2 heterocycles. The summed E-state index contributed by atoms with van der Waals surface area (Å²) in [6.45, 7) is 3.64. The Morgan fingerprint density at radius 1 is 1.10 bits per heavy atom. The lowest BCUT2D eigenvalue weighted by Crippen LogP contribution is -2.49. The Morgan fingerprint density at radius 2 is 1.81 bits per heavy atom. The maximum atomic E-state index is 13.2. The van der Waals surface area contributed by atoms with Crippen LogP contribution in [0.3, 0.4) is 0 Å². The molecule has 0 radical (unpaired) electrons. The highest BCUT2D eigenvalue weighted by molar-refractivity contribution is 5.99. The summed E-state index contributed by atoms with van der Waals surface area (Å²) in [4.78, 5) is 29.2. The van der Waals surface area contributed by atoms with Crippen molar-refractivity contribution >= 4 is 22.7 Å². The van der Waals surface area contributed by atoms with Gasteiger partial charge in [0.15, 0.2) is 0 Å². The molecule has 2 aromatic carbocycles. The first-order valence-corrected chi connectivity index (χ1v) is 10.6. The largest absolute Gasteiger partial charge is 0.377 e. The Bertz CT molecular complexity index is 1110. The van der Waals surface area contributed by atoms with Crippen molar-refractivity contribution < 1.29 is 14.3 Å². The fraction of sp³-hybridized carbons (Fsp3) is 0.360. The highest BCUT2D eigenvalue weighted by atomic mass is 16.5. The Hall–Kier alpha value is -3.12. The summed E-state index contributed by atoms with van der Waals surface area (Å²) in [6, 6.07) is 13.5. The number of hydrogen-bond acceptors (Lipinski definition) is 3. The molecule has 0 saturated carbocycles. The molecule has 1 fully saturated rings. The first kappa shape index (κ1) is 21.1. The molecule has 1 saturated heterocycles. The lowest BCUT2D eigenvalue weighted by atomic mass is 10.0. The summed E-state index contributed by atoms with van der Waals surface area (Å²) in [5.74, 6) is 0.0193. The number of ether oxygens (including phenoxy) is 1. The topological polar surface area (TPSA) is 54.8 Å². The highest BCUT2D eigenvalue weighted by Gasteiger charge is 2.29. The summed E-state index contributed by atoms with van der Waals surface area (Å²) in [5.41, 5.74) is 4.68. The van der Waals surface area contributed by atoms with Gasteiger partial charge in [-0.25, -0.2) is 0 Å². The van der Waals surface area contributed by atoms with Crippen molar-refractivity contribution in [2.75, 3.05) is 33.9 Å². The number of rotatable bonds is 4. The molecule has 0 spiro atoms. The second-order valence-corrected chi connectivity index (χ2v) is 8.49. The molecule has 0 aliphatic carbocycles. The van der Waals surface area contributed by atoms with Crippen LogP contribution in [-0.2, 0) is 18.2 Å². The number of hydrogen-bond donors (Lipinski definition) is 0. The van der Waals surface area contributed by atoms with Crippen LogP contribution in [-0.4, -0.2) is 66.1 Å². The van der Waals surface area contributed by atoms with Gasteiger partial charge in [-0.15, -0.1) is 0 Å². The van der Waals surface area contributed by atoms with Crippen LogP contribution >= 0.6 is 0 Å². The molecule has 1 atom stereocenters. The van der Waals surface area contributed by atoms with Crippen LogP contribution in [0.5, 0.6) is 0 Å². The smallest absolute Gasteiger partial charge is 0.254 e. The van der Waals surface area contributed by atoms with Crippen LogP contribution in [0.25, 0.3) is 10.9 Å². The maximum absolute atomic E-state index is 13.2. The number of benzene rings is 2. The van der Waals surface area contributed by atoms with E-state index in [1.807, 2.05) is 61.3 Å². The van der Waals surface area contributed by atoms with E-state index in [0.29, 0.717) is 37.3 Å². The zero-order valence-electron chi connectivity index (χ0n) is 18.6. The highest BCUT2D eigenvalue weighted by Crippen LogP contribution is 2.26. The van der Waals surface area contributed by atoms with Crippen molar-refractivity contribution in [3.05, 3.63) is 70.9 Å².